The van der Waals surface area contributed by atoms with Gasteiger partial charge in [-0.2, -0.15) is 0 Å². The van der Waals surface area contributed by atoms with Crippen molar-refractivity contribution in [3.05, 3.63) is 76.3 Å². The SMILES string of the molecule is Cc1cc(NC(=O)c2ccc(NCc3ccco3)nc2)ccc1Br. The first kappa shape index (κ1) is 16.3. The van der Waals surface area contributed by atoms with Crippen LogP contribution in [0.25, 0.3) is 0 Å². The van der Waals surface area contributed by atoms with Gasteiger partial charge >= 0.3 is 0 Å². The molecule has 24 heavy (non-hydrogen) atoms. The van der Waals surface area contributed by atoms with Crippen molar-refractivity contribution in [1.82, 2.24) is 4.98 Å². The number of nitrogens with zero attached hydrogens (tertiary/aromatic N) is 1. The highest BCUT2D eigenvalue weighted by atomic mass is 79.9. The largest absolute Gasteiger partial charge is 0.467 e. The number of aromatic nitrogens is 1. The van der Waals surface area contributed by atoms with Crippen LogP contribution in [0.1, 0.15) is 21.7 Å². The van der Waals surface area contributed by atoms with Gasteiger partial charge in [-0.15, -0.1) is 0 Å². The van der Waals surface area contributed by atoms with Gasteiger partial charge in [0, 0.05) is 16.4 Å². The number of halogens is 1. The smallest absolute Gasteiger partial charge is 0.257 e. The summed E-state index contributed by atoms with van der Waals surface area (Å²) in [6.07, 6.45) is 3.17. The van der Waals surface area contributed by atoms with Gasteiger partial charge in [-0.25, -0.2) is 4.98 Å². The number of carbonyl (C=O) groups excluding carboxylic acids is 1. The first-order valence-electron chi connectivity index (χ1n) is 7.41. The molecule has 0 aliphatic carbocycles. The Balaban J connectivity index is 1.61. The van der Waals surface area contributed by atoms with E-state index in [2.05, 4.69) is 31.5 Å². The molecule has 0 unspecified atom stereocenters. The second-order valence-electron chi connectivity index (χ2n) is 5.28. The van der Waals surface area contributed by atoms with Gasteiger partial charge < -0.3 is 15.1 Å². The summed E-state index contributed by atoms with van der Waals surface area (Å²) in [5.41, 5.74) is 2.31. The number of aryl methyl sites for hydroxylation is 1. The highest BCUT2D eigenvalue weighted by Gasteiger charge is 2.08. The summed E-state index contributed by atoms with van der Waals surface area (Å²) < 4.78 is 6.25. The van der Waals surface area contributed by atoms with Crippen LogP contribution in [-0.4, -0.2) is 10.9 Å². The molecule has 0 spiro atoms. The molecular weight excluding hydrogens is 370 g/mol. The molecule has 5 nitrogen and oxygen atoms in total. The molecule has 0 aliphatic heterocycles. The number of hydrogen-bond acceptors (Lipinski definition) is 4. The van der Waals surface area contributed by atoms with E-state index in [1.165, 1.54) is 0 Å². The second-order valence-corrected chi connectivity index (χ2v) is 6.14. The van der Waals surface area contributed by atoms with Crippen molar-refractivity contribution in [3.63, 3.8) is 0 Å². The van der Waals surface area contributed by atoms with Crippen molar-refractivity contribution in [2.45, 2.75) is 13.5 Å². The Bertz CT molecular complexity index is 830. The van der Waals surface area contributed by atoms with Gasteiger partial charge in [0.05, 0.1) is 18.4 Å². The highest BCUT2D eigenvalue weighted by Crippen LogP contribution is 2.20. The zero-order chi connectivity index (χ0) is 16.9. The zero-order valence-corrected chi connectivity index (χ0v) is 14.6. The lowest BCUT2D eigenvalue weighted by Crippen LogP contribution is -2.12. The molecule has 2 N–H and O–H groups in total. The summed E-state index contributed by atoms with van der Waals surface area (Å²) in [4.78, 5) is 16.5. The molecule has 0 saturated carbocycles. The molecule has 6 heteroatoms. The van der Waals surface area contributed by atoms with E-state index in [4.69, 9.17) is 4.42 Å². The number of amides is 1. The lowest BCUT2D eigenvalue weighted by Gasteiger charge is -2.08. The van der Waals surface area contributed by atoms with Crippen molar-refractivity contribution in [3.8, 4) is 0 Å². The Morgan fingerprint density at radius 1 is 1.25 bits per heavy atom. The van der Waals surface area contributed by atoms with Gasteiger partial charge in [0.25, 0.3) is 5.91 Å². The molecule has 0 saturated heterocycles. The number of carbonyl (C=O) groups is 1. The first-order valence-corrected chi connectivity index (χ1v) is 8.21. The monoisotopic (exact) mass is 385 g/mol. The normalized spacial score (nSPS) is 10.4. The maximum Gasteiger partial charge on any atom is 0.257 e. The van der Waals surface area contributed by atoms with Crippen LogP contribution in [0.2, 0.25) is 0 Å². The summed E-state index contributed by atoms with van der Waals surface area (Å²) >= 11 is 3.44. The van der Waals surface area contributed by atoms with E-state index in [0.717, 1.165) is 21.5 Å². The topological polar surface area (TPSA) is 67.2 Å². The molecular formula is C18H16BrN3O2. The lowest BCUT2D eigenvalue weighted by molar-refractivity contribution is 0.102. The van der Waals surface area contributed by atoms with Crippen LogP contribution in [0, 0.1) is 6.92 Å². The van der Waals surface area contributed by atoms with Crippen molar-refractivity contribution in [1.29, 1.82) is 0 Å². The average molecular weight is 386 g/mol. The molecule has 1 aromatic carbocycles. The highest BCUT2D eigenvalue weighted by molar-refractivity contribution is 9.10. The zero-order valence-electron chi connectivity index (χ0n) is 13.0. The van der Waals surface area contributed by atoms with Crippen LogP contribution in [0.15, 0.2) is 63.8 Å². The molecule has 0 bridgehead atoms. The van der Waals surface area contributed by atoms with E-state index in [1.807, 2.05) is 37.3 Å². The maximum atomic E-state index is 12.3. The summed E-state index contributed by atoms with van der Waals surface area (Å²) in [6, 6.07) is 12.9. The summed E-state index contributed by atoms with van der Waals surface area (Å²) in [6.45, 7) is 2.52. The molecule has 0 atom stereocenters. The average Bonchev–Trinajstić information content (AvgIpc) is 3.10. The summed E-state index contributed by atoms with van der Waals surface area (Å²) in [7, 11) is 0. The number of hydrogen-bond donors (Lipinski definition) is 2. The third kappa shape index (κ3) is 4.02. The van der Waals surface area contributed by atoms with Gasteiger partial charge in [0.2, 0.25) is 0 Å². The Kier molecular flexibility index (Phi) is 4.96. The first-order chi connectivity index (χ1) is 11.6. The molecule has 0 radical (unpaired) electrons. The van der Waals surface area contributed by atoms with Crippen LogP contribution in [0.4, 0.5) is 11.5 Å². The fourth-order valence-electron chi connectivity index (χ4n) is 2.15. The van der Waals surface area contributed by atoms with E-state index < -0.39 is 0 Å². The maximum absolute atomic E-state index is 12.3. The Morgan fingerprint density at radius 3 is 2.79 bits per heavy atom. The van der Waals surface area contributed by atoms with Gasteiger partial charge in [-0.3, -0.25) is 4.79 Å². The van der Waals surface area contributed by atoms with E-state index in [0.29, 0.717) is 17.9 Å². The molecule has 2 aromatic heterocycles. The molecule has 0 aliphatic rings. The Labute approximate surface area is 148 Å². The van der Waals surface area contributed by atoms with Gasteiger partial charge in [0.15, 0.2) is 0 Å². The fraction of sp³-hybridized carbons (Fsp3) is 0.111. The minimum absolute atomic E-state index is 0.193. The quantitative estimate of drug-likeness (QED) is 0.672. The standard InChI is InChI=1S/C18H16BrN3O2/c1-12-9-14(5-6-16(12)19)22-18(23)13-4-7-17(20-10-13)21-11-15-3-2-8-24-15/h2-10H,11H2,1H3,(H,20,21)(H,22,23). The second kappa shape index (κ2) is 7.31. The number of rotatable bonds is 5. The molecule has 0 fully saturated rings. The van der Waals surface area contributed by atoms with E-state index >= 15 is 0 Å². The molecule has 1 amide bonds. The fourth-order valence-corrected chi connectivity index (χ4v) is 2.40. The van der Waals surface area contributed by atoms with Crippen LogP contribution in [0.5, 0.6) is 0 Å². The van der Waals surface area contributed by atoms with E-state index in [-0.39, 0.29) is 5.91 Å². The summed E-state index contributed by atoms with van der Waals surface area (Å²) in [5, 5.41) is 6.00. The van der Waals surface area contributed by atoms with Gasteiger partial charge in [0.1, 0.15) is 11.6 Å². The van der Waals surface area contributed by atoms with E-state index in [9.17, 15) is 4.79 Å². The van der Waals surface area contributed by atoms with Crippen LogP contribution in [-0.2, 0) is 6.54 Å². The lowest BCUT2D eigenvalue weighted by atomic mass is 10.2. The summed E-state index contributed by atoms with van der Waals surface area (Å²) in [5.74, 6) is 1.31. The van der Waals surface area contributed by atoms with Crippen molar-refractivity contribution in [2.24, 2.45) is 0 Å². The van der Waals surface area contributed by atoms with E-state index in [1.54, 1.807) is 24.6 Å². The molecule has 2 heterocycles. The minimum atomic E-state index is -0.193. The van der Waals surface area contributed by atoms with Gasteiger partial charge in [-0.05, 0) is 55.0 Å². The van der Waals surface area contributed by atoms with Crippen molar-refractivity contribution < 1.29 is 9.21 Å². The number of nitrogens with one attached hydrogen (secondary N) is 2. The number of pyridine rings is 1. The number of furan rings is 1. The third-order valence-electron chi connectivity index (χ3n) is 3.47. The molecule has 3 aromatic rings. The van der Waals surface area contributed by atoms with Crippen LogP contribution < -0.4 is 10.6 Å². The minimum Gasteiger partial charge on any atom is -0.467 e. The number of benzene rings is 1. The molecule has 3 rings (SSSR count). The predicted molar refractivity (Wildman–Crippen MR) is 97.1 cm³/mol. The van der Waals surface area contributed by atoms with Crippen molar-refractivity contribution >= 4 is 33.3 Å². The van der Waals surface area contributed by atoms with Crippen LogP contribution in [0.3, 0.4) is 0 Å². The Morgan fingerprint density at radius 2 is 2.12 bits per heavy atom. The van der Waals surface area contributed by atoms with Crippen molar-refractivity contribution in [2.75, 3.05) is 10.6 Å². The third-order valence-corrected chi connectivity index (χ3v) is 4.36. The Hall–Kier alpha value is -2.60. The molecule has 122 valence electrons. The van der Waals surface area contributed by atoms with Crippen LogP contribution >= 0.6 is 15.9 Å². The van der Waals surface area contributed by atoms with Gasteiger partial charge in [-0.1, -0.05) is 15.9 Å². The predicted octanol–water partition coefficient (Wildman–Crippen LogP) is 4.61. The number of anilines is 2.